The second-order valence-electron chi connectivity index (χ2n) is 5.34. The Kier molecular flexibility index (Phi) is 9.34. The lowest BCUT2D eigenvalue weighted by Crippen LogP contribution is -2.39. The van der Waals surface area contributed by atoms with Crippen LogP contribution in [0.15, 0.2) is 34.5 Å². The third-order valence-electron chi connectivity index (χ3n) is 3.08. The quantitative estimate of drug-likeness (QED) is 0.217. The van der Waals surface area contributed by atoms with Crippen molar-refractivity contribution in [1.82, 2.24) is 21.5 Å². The molecule has 0 bridgehead atoms. The van der Waals surface area contributed by atoms with E-state index < -0.39 is 17.6 Å². The largest absolute Gasteiger partial charge is 0.405 e. The van der Waals surface area contributed by atoms with Gasteiger partial charge in [0.05, 0.1) is 10.6 Å². The smallest absolute Gasteiger partial charge is 0.362 e. The molecule has 158 valence electrons. The molecule has 0 radical (unpaired) electrons. The molecule has 0 atom stereocenters. The normalized spacial score (nSPS) is 12.2. The SMILES string of the molecule is CCNC(=S)NN=C(C)C(=NNC(=S)NCC(F)(F)F)c1ccc([N+](=O)[O-])cc1. The molecule has 0 aliphatic carbocycles. The maximum atomic E-state index is 12.3. The van der Waals surface area contributed by atoms with E-state index >= 15 is 0 Å². The summed E-state index contributed by atoms with van der Waals surface area (Å²) in [5.74, 6) is 0. The first-order valence-electron chi connectivity index (χ1n) is 8.05. The summed E-state index contributed by atoms with van der Waals surface area (Å²) in [7, 11) is 0. The molecule has 4 N–H and O–H groups in total. The second kappa shape index (κ2) is 11.2. The highest BCUT2D eigenvalue weighted by molar-refractivity contribution is 7.80. The number of hydrogen-bond donors (Lipinski definition) is 4. The number of hydrogen-bond acceptors (Lipinski definition) is 6. The minimum Gasteiger partial charge on any atom is -0.362 e. The lowest BCUT2D eigenvalue weighted by Gasteiger charge is -2.12. The molecule has 0 aliphatic heterocycles. The number of benzene rings is 1. The Balaban J connectivity index is 3.07. The van der Waals surface area contributed by atoms with Crippen molar-refractivity contribution in [2.24, 2.45) is 10.2 Å². The van der Waals surface area contributed by atoms with Gasteiger partial charge in [0.25, 0.3) is 5.69 Å². The van der Waals surface area contributed by atoms with E-state index in [9.17, 15) is 23.3 Å². The van der Waals surface area contributed by atoms with Crippen LogP contribution < -0.4 is 21.5 Å². The van der Waals surface area contributed by atoms with Crippen molar-refractivity contribution in [3.63, 3.8) is 0 Å². The van der Waals surface area contributed by atoms with Gasteiger partial charge in [-0.1, -0.05) is 0 Å². The third-order valence-corrected chi connectivity index (χ3v) is 3.55. The molecule has 0 heterocycles. The van der Waals surface area contributed by atoms with Crippen LogP contribution in [0.4, 0.5) is 18.9 Å². The molecule has 0 unspecified atom stereocenters. The van der Waals surface area contributed by atoms with E-state index in [1.165, 1.54) is 24.3 Å². The molecular formula is C15H18F3N7O2S2. The Hall–Kier alpha value is -2.87. The highest BCUT2D eigenvalue weighted by atomic mass is 32.1. The molecule has 29 heavy (non-hydrogen) atoms. The van der Waals surface area contributed by atoms with Crippen LogP contribution in [0.25, 0.3) is 0 Å². The summed E-state index contributed by atoms with van der Waals surface area (Å²) in [4.78, 5) is 10.3. The van der Waals surface area contributed by atoms with Crippen molar-refractivity contribution < 1.29 is 18.1 Å². The fourth-order valence-electron chi connectivity index (χ4n) is 1.81. The van der Waals surface area contributed by atoms with Crippen LogP contribution in [0.3, 0.4) is 0 Å². The lowest BCUT2D eigenvalue weighted by atomic mass is 10.1. The highest BCUT2D eigenvalue weighted by Crippen LogP contribution is 2.14. The number of nitro benzene ring substituents is 1. The fraction of sp³-hybridized carbons (Fsp3) is 0.333. The van der Waals surface area contributed by atoms with Crippen LogP contribution in [0, 0.1) is 10.1 Å². The Morgan fingerprint density at radius 2 is 1.66 bits per heavy atom. The molecule has 9 nitrogen and oxygen atoms in total. The monoisotopic (exact) mass is 449 g/mol. The van der Waals surface area contributed by atoms with Crippen molar-refractivity contribution in [3.8, 4) is 0 Å². The van der Waals surface area contributed by atoms with Crippen LogP contribution in [0.5, 0.6) is 0 Å². The molecular weight excluding hydrogens is 431 g/mol. The van der Waals surface area contributed by atoms with Gasteiger partial charge in [0.1, 0.15) is 12.3 Å². The first kappa shape index (κ1) is 24.2. The summed E-state index contributed by atoms with van der Waals surface area (Å²) in [6.45, 7) is 2.65. The van der Waals surface area contributed by atoms with Gasteiger partial charge in [-0.05, 0) is 50.4 Å². The molecule has 0 aromatic heterocycles. The Morgan fingerprint density at radius 1 is 1.10 bits per heavy atom. The minimum atomic E-state index is -4.44. The van der Waals surface area contributed by atoms with Crippen molar-refractivity contribution in [3.05, 3.63) is 39.9 Å². The van der Waals surface area contributed by atoms with Crippen LogP contribution in [-0.4, -0.2) is 45.8 Å². The first-order chi connectivity index (χ1) is 13.5. The minimum absolute atomic E-state index is 0.135. The average molecular weight is 449 g/mol. The number of nitrogens with one attached hydrogen (secondary N) is 4. The van der Waals surface area contributed by atoms with Gasteiger partial charge in [-0.15, -0.1) is 0 Å². The number of rotatable bonds is 7. The fourth-order valence-corrected chi connectivity index (χ4v) is 2.12. The highest BCUT2D eigenvalue weighted by Gasteiger charge is 2.27. The van der Waals surface area contributed by atoms with Crippen LogP contribution in [-0.2, 0) is 0 Å². The van der Waals surface area contributed by atoms with Crippen LogP contribution in [0.1, 0.15) is 19.4 Å². The van der Waals surface area contributed by atoms with Crippen molar-refractivity contribution in [2.45, 2.75) is 20.0 Å². The Bertz CT molecular complexity index is 811. The Morgan fingerprint density at radius 3 is 2.17 bits per heavy atom. The summed E-state index contributed by atoms with van der Waals surface area (Å²) in [5, 5.41) is 23.5. The molecule has 0 saturated heterocycles. The number of alkyl halides is 3. The molecule has 0 saturated carbocycles. The number of thiocarbonyl (C=S) groups is 2. The van der Waals surface area contributed by atoms with Gasteiger partial charge >= 0.3 is 6.18 Å². The molecule has 14 heteroatoms. The van der Waals surface area contributed by atoms with E-state index in [2.05, 4.69) is 26.4 Å². The van der Waals surface area contributed by atoms with Crippen LogP contribution >= 0.6 is 24.4 Å². The maximum absolute atomic E-state index is 12.3. The van der Waals surface area contributed by atoms with Crippen molar-refractivity contribution in [1.29, 1.82) is 0 Å². The van der Waals surface area contributed by atoms with Crippen molar-refractivity contribution >= 4 is 51.8 Å². The molecule has 1 aromatic rings. The molecule has 1 aromatic carbocycles. The summed E-state index contributed by atoms with van der Waals surface area (Å²) < 4.78 is 36.8. The zero-order valence-corrected chi connectivity index (χ0v) is 17.0. The zero-order chi connectivity index (χ0) is 22.0. The number of hydrazone groups is 2. The number of nitro groups is 1. The van der Waals surface area contributed by atoms with Crippen LogP contribution in [0.2, 0.25) is 0 Å². The number of non-ortho nitro benzene ring substituents is 1. The topological polar surface area (TPSA) is 116 Å². The van der Waals surface area contributed by atoms with E-state index in [-0.39, 0.29) is 21.6 Å². The molecule has 0 amide bonds. The number of halogens is 3. The summed E-state index contributed by atoms with van der Waals surface area (Å²) in [5.41, 5.74) is 5.65. The lowest BCUT2D eigenvalue weighted by molar-refractivity contribution is -0.384. The van der Waals surface area contributed by atoms with E-state index in [0.29, 0.717) is 17.8 Å². The van der Waals surface area contributed by atoms with Gasteiger partial charge in [0.2, 0.25) is 0 Å². The van der Waals surface area contributed by atoms with Gasteiger partial charge < -0.3 is 10.6 Å². The second-order valence-corrected chi connectivity index (χ2v) is 6.16. The standard InChI is InChI=1S/C15H18F3N7O2S2/c1-3-19-13(28)23-21-9(2)12(10-4-6-11(7-5-10)25(26)27)22-24-14(29)20-8-15(16,17)18/h4-7H,3,8H2,1-2H3,(H2,19,23,28)(H2,20,24,29). The van der Waals surface area contributed by atoms with E-state index in [1.807, 2.05) is 12.2 Å². The predicted molar refractivity (Wildman–Crippen MR) is 112 cm³/mol. The Labute approximate surface area is 175 Å². The van der Waals surface area contributed by atoms with E-state index in [1.54, 1.807) is 6.92 Å². The van der Waals surface area contributed by atoms with Crippen molar-refractivity contribution in [2.75, 3.05) is 13.1 Å². The van der Waals surface area contributed by atoms with E-state index in [0.717, 1.165) is 0 Å². The zero-order valence-electron chi connectivity index (χ0n) is 15.3. The summed E-state index contributed by atoms with van der Waals surface area (Å²) >= 11 is 9.77. The molecule has 1 rings (SSSR count). The molecule has 0 spiro atoms. The summed E-state index contributed by atoms with van der Waals surface area (Å²) in [6.07, 6.45) is -4.44. The van der Waals surface area contributed by atoms with E-state index in [4.69, 9.17) is 24.4 Å². The van der Waals surface area contributed by atoms with Gasteiger partial charge in [0.15, 0.2) is 10.2 Å². The first-order valence-corrected chi connectivity index (χ1v) is 8.86. The van der Waals surface area contributed by atoms with Gasteiger partial charge in [0, 0.05) is 24.2 Å². The predicted octanol–water partition coefficient (Wildman–Crippen LogP) is 2.19. The van der Waals surface area contributed by atoms with Gasteiger partial charge in [-0.3, -0.25) is 21.0 Å². The number of nitrogens with zero attached hydrogens (tertiary/aromatic N) is 3. The molecule has 0 fully saturated rings. The maximum Gasteiger partial charge on any atom is 0.405 e. The van der Waals surface area contributed by atoms with Gasteiger partial charge in [-0.2, -0.15) is 23.4 Å². The van der Waals surface area contributed by atoms with Gasteiger partial charge in [-0.25, -0.2) is 0 Å². The molecule has 0 aliphatic rings. The summed E-state index contributed by atoms with van der Waals surface area (Å²) in [6, 6.07) is 5.36. The average Bonchev–Trinajstić information content (AvgIpc) is 2.65. The third kappa shape index (κ3) is 9.25.